The number of hydrogen-bond donors (Lipinski definition) is 2. The summed E-state index contributed by atoms with van der Waals surface area (Å²) in [6, 6.07) is 4.76. The van der Waals surface area contributed by atoms with Crippen molar-refractivity contribution in [2.45, 2.75) is 33.1 Å². The van der Waals surface area contributed by atoms with Gasteiger partial charge >= 0.3 is 17.8 Å². The molecule has 0 bridgehead atoms. The molecule has 0 atom stereocenters. The maximum atomic E-state index is 12.3. The van der Waals surface area contributed by atoms with Crippen LogP contribution in [0.2, 0.25) is 0 Å². The molecule has 0 amide bonds. The number of aryl methyl sites for hydroxylation is 2. The highest BCUT2D eigenvalue weighted by molar-refractivity contribution is 5.81. The van der Waals surface area contributed by atoms with Crippen LogP contribution >= 0.6 is 0 Å². The molecule has 3 heterocycles. The third kappa shape index (κ3) is 4.66. The van der Waals surface area contributed by atoms with E-state index in [1.807, 2.05) is 26.0 Å². The molecule has 178 valence electrons. The molecule has 0 spiro atoms. The van der Waals surface area contributed by atoms with E-state index in [4.69, 9.17) is 4.52 Å². The average molecular weight is 478 g/mol. The number of benzene rings is 1. The number of ether oxygens (including phenoxy) is 1. The van der Waals surface area contributed by atoms with Gasteiger partial charge < -0.3 is 19.1 Å². The second kappa shape index (κ2) is 8.70. The summed E-state index contributed by atoms with van der Waals surface area (Å²) >= 11 is 0. The Morgan fingerprint density at radius 3 is 2.65 bits per heavy atom. The summed E-state index contributed by atoms with van der Waals surface area (Å²) in [5, 5.41) is 6.27. The zero-order valence-electron chi connectivity index (χ0n) is 17.8. The van der Waals surface area contributed by atoms with Crippen molar-refractivity contribution < 1.29 is 27.2 Å². The van der Waals surface area contributed by atoms with Crippen LogP contribution in [0.3, 0.4) is 0 Å². The highest BCUT2D eigenvalue weighted by Crippen LogP contribution is 2.24. The minimum Gasteiger partial charge on any atom is -0.397 e. The largest absolute Gasteiger partial charge is 0.491 e. The molecule has 4 rings (SSSR count). The molecule has 11 nitrogen and oxygen atoms in total. The van der Waals surface area contributed by atoms with Gasteiger partial charge in [0, 0.05) is 19.2 Å². The number of nitrogens with one attached hydrogen (secondary N) is 2. The van der Waals surface area contributed by atoms with Crippen LogP contribution in [0.15, 0.2) is 32.3 Å². The Balaban J connectivity index is 1.53. The van der Waals surface area contributed by atoms with Gasteiger partial charge in [0.05, 0.1) is 17.6 Å². The van der Waals surface area contributed by atoms with Gasteiger partial charge in [-0.2, -0.15) is 18.2 Å². The van der Waals surface area contributed by atoms with Gasteiger partial charge in [-0.05, 0) is 42.3 Å². The number of aromatic nitrogens is 5. The van der Waals surface area contributed by atoms with E-state index in [1.54, 1.807) is 4.57 Å². The molecule has 2 aliphatic rings. The van der Waals surface area contributed by atoms with Crippen molar-refractivity contribution in [3.8, 4) is 17.4 Å². The highest BCUT2D eigenvalue weighted by atomic mass is 19.4. The quantitative estimate of drug-likeness (QED) is 0.239. The van der Waals surface area contributed by atoms with Crippen molar-refractivity contribution in [3.63, 3.8) is 0 Å². The Hall–Kier alpha value is -4.07. The van der Waals surface area contributed by atoms with Gasteiger partial charge in [0.1, 0.15) is 0 Å². The molecule has 0 radical (unpaired) electrons. The number of hydrogen-bond acceptors (Lipinski definition) is 9. The van der Waals surface area contributed by atoms with Crippen molar-refractivity contribution in [1.29, 1.82) is 0 Å². The topological polar surface area (TPSA) is 145 Å². The highest BCUT2D eigenvalue weighted by Gasteiger charge is 2.42. The summed E-state index contributed by atoms with van der Waals surface area (Å²) in [4.78, 5) is 45.4. The molecule has 0 unspecified atom stereocenters. The van der Waals surface area contributed by atoms with Crippen molar-refractivity contribution in [3.05, 3.63) is 55.9 Å². The molecule has 2 N–H and O–H groups in total. The van der Waals surface area contributed by atoms with Gasteiger partial charge in [0.15, 0.2) is 17.3 Å². The predicted molar refractivity (Wildman–Crippen MR) is 110 cm³/mol. The van der Waals surface area contributed by atoms with Crippen LogP contribution in [0, 0.1) is 13.8 Å². The van der Waals surface area contributed by atoms with Crippen LogP contribution in [0.1, 0.15) is 16.9 Å². The Kier molecular flexibility index (Phi) is 5.91. The third-order valence-corrected chi connectivity index (χ3v) is 5.00. The first-order valence-electron chi connectivity index (χ1n) is 9.90. The lowest BCUT2D eigenvalue weighted by molar-refractivity contribution is -0.190. The smallest absolute Gasteiger partial charge is 0.397 e. The SMILES string of the molecule is Cc1cc2nc3c(=O)[nH]c(=O)nc-3n(CCNCc3cc(OC(=O)C(F)(F)F)no3)c2cc1C. The van der Waals surface area contributed by atoms with Crippen LogP contribution in [0.5, 0.6) is 5.88 Å². The fourth-order valence-corrected chi connectivity index (χ4v) is 3.26. The number of esters is 1. The molecule has 0 saturated heterocycles. The fraction of sp³-hybridized carbons (Fsp3) is 0.300. The minimum absolute atomic E-state index is 0.0155. The first-order valence-corrected chi connectivity index (χ1v) is 9.90. The van der Waals surface area contributed by atoms with Crippen molar-refractivity contribution >= 4 is 17.0 Å². The van der Waals surface area contributed by atoms with E-state index in [2.05, 4.69) is 30.2 Å². The zero-order chi connectivity index (χ0) is 24.6. The van der Waals surface area contributed by atoms with E-state index in [-0.39, 0.29) is 36.9 Å². The molecule has 2 aliphatic heterocycles. The Morgan fingerprint density at radius 2 is 1.91 bits per heavy atom. The van der Waals surface area contributed by atoms with Crippen LogP contribution in [0.25, 0.3) is 22.6 Å². The standard InChI is InChI=1S/C20H17F3N6O5/c1-9-5-12-13(6-10(9)2)29(16-15(25-12)17(30)27-19(32)26-16)4-3-24-8-11-7-14(28-34-11)33-18(31)20(21,22)23/h5-7,24H,3-4,8H2,1-2H3,(H,27,30,32). The predicted octanol–water partition coefficient (Wildman–Crippen LogP) is 1.45. The monoisotopic (exact) mass is 478 g/mol. The number of H-pyrrole nitrogens is 1. The zero-order valence-corrected chi connectivity index (χ0v) is 17.8. The number of fused-ring (bicyclic) bond motifs is 2. The lowest BCUT2D eigenvalue weighted by Crippen LogP contribution is -2.30. The van der Waals surface area contributed by atoms with Crippen LogP contribution < -0.4 is 21.3 Å². The van der Waals surface area contributed by atoms with Gasteiger partial charge in [-0.3, -0.25) is 9.78 Å². The van der Waals surface area contributed by atoms with Crippen LogP contribution in [0.4, 0.5) is 13.2 Å². The molecule has 0 aliphatic carbocycles. The van der Waals surface area contributed by atoms with E-state index in [0.717, 1.165) is 17.2 Å². The second-order valence-corrected chi connectivity index (χ2v) is 7.43. The summed E-state index contributed by atoms with van der Waals surface area (Å²) in [6.07, 6.45) is -5.15. The summed E-state index contributed by atoms with van der Waals surface area (Å²) in [7, 11) is 0. The summed E-state index contributed by atoms with van der Waals surface area (Å²) in [5.74, 6) is -2.77. The lowest BCUT2D eigenvalue weighted by Gasteiger charge is -2.17. The first-order chi connectivity index (χ1) is 16.0. The number of aromatic amines is 1. The molecule has 2 aromatic rings. The molecule has 1 aromatic carbocycles. The Labute approximate surface area is 187 Å². The number of carbonyl (C=O) groups excluding carboxylic acids is 1. The number of nitrogens with zero attached hydrogens (tertiary/aromatic N) is 4. The van der Waals surface area contributed by atoms with E-state index in [9.17, 15) is 27.6 Å². The van der Waals surface area contributed by atoms with E-state index < -0.39 is 29.3 Å². The maximum Gasteiger partial charge on any atom is 0.491 e. The van der Waals surface area contributed by atoms with E-state index >= 15 is 0 Å². The van der Waals surface area contributed by atoms with Crippen molar-refractivity contribution in [2.75, 3.05) is 6.54 Å². The van der Waals surface area contributed by atoms with Gasteiger partial charge in [-0.25, -0.2) is 14.6 Å². The van der Waals surface area contributed by atoms with Crippen molar-refractivity contribution in [1.82, 2.24) is 30.0 Å². The molecular formula is C20H17F3N6O5. The third-order valence-electron chi connectivity index (χ3n) is 5.00. The average Bonchev–Trinajstić information content (AvgIpc) is 3.19. The lowest BCUT2D eigenvalue weighted by atomic mass is 10.1. The summed E-state index contributed by atoms with van der Waals surface area (Å²) in [5.41, 5.74) is 1.73. The molecule has 34 heavy (non-hydrogen) atoms. The normalized spacial score (nSPS) is 11.9. The van der Waals surface area contributed by atoms with Gasteiger partial charge in [0.25, 0.3) is 11.4 Å². The number of alkyl halides is 3. The van der Waals surface area contributed by atoms with Crippen LogP contribution in [-0.2, 0) is 17.9 Å². The van der Waals surface area contributed by atoms with Gasteiger partial charge in [-0.15, -0.1) is 0 Å². The van der Waals surface area contributed by atoms with Crippen LogP contribution in [-0.4, -0.2) is 43.4 Å². The molecular weight excluding hydrogens is 461 g/mol. The molecule has 0 fully saturated rings. The Bertz CT molecular complexity index is 1470. The number of halogens is 3. The number of rotatable bonds is 6. The van der Waals surface area contributed by atoms with Gasteiger partial charge in [-0.1, -0.05) is 0 Å². The van der Waals surface area contributed by atoms with E-state index in [1.165, 1.54) is 0 Å². The number of carbonyl (C=O) groups is 1. The van der Waals surface area contributed by atoms with Gasteiger partial charge in [0.2, 0.25) is 0 Å². The fourth-order valence-electron chi connectivity index (χ4n) is 3.26. The Morgan fingerprint density at radius 1 is 1.18 bits per heavy atom. The van der Waals surface area contributed by atoms with Crippen molar-refractivity contribution in [2.24, 2.45) is 0 Å². The maximum absolute atomic E-state index is 12.3. The molecule has 1 aromatic heterocycles. The van der Waals surface area contributed by atoms with E-state index in [0.29, 0.717) is 11.0 Å². The second-order valence-electron chi connectivity index (χ2n) is 7.43. The first kappa shape index (κ1) is 23.1. The minimum atomic E-state index is -5.15. The summed E-state index contributed by atoms with van der Waals surface area (Å²) < 4.78 is 47.5. The molecule has 14 heteroatoms. The molecule has 0 saturated carbocycles. The summed E-state index contributed by atoms with van der Waals surface area (Å²) in [6.45, 7) is 4.42.